The molecule has 1 saturated heterocycles. The van der Waals surface area contributed by atoms with Crippen LogP contribution in [0.2, 0.25) is 0 Å². The van der Waals surface area contributed by atoms with E-state index in [1.54, 1.807) is 0 Å². The molecule has 0 atom stereocenters. The van der Waals surface area contributed by atoms with Crippen LogP contribution in [0.5, 0.6) is 0 Å². The van der Waals surface area contributed by atoms with E-state index < -0.39 is 11.2 Å². The fraction of sp³-hybridized carbons (Fsp3) is 0.538. The topological polar surface area (TPSA) is 93.0 Å². The SMILES string of the molecule is Cn1c(=O)c2[nH]c(=O)c(N3CCCCC3)nc2n(C)c1=O. The number of rotatable bonds is 1. The molecule has 0 amide bonds. The maximum Gasteiger partial charge on any atom is 0.332 e. The summed E-state index contributed by atoms with van der Waals surface area (Å²) in [7, 11) is 2.91. The van der Waals surface area contributed by atoms with Crippen molar-refractivity contribution in [1.82, 2.24) is 19.1 Å². The molecule has 0 saturated carbocycles. The fourth-order valence-electron chi connectivity index (χ4n) is 2.71. The molecule has 3 rings (SSSR count). The second-order valence-corrected chi connectivity index (χ2v) is 5.34. The Kier molecular flexibility index (Phi) is 3.15. The summed E-state index contributed by atoms with van der Waals surface area (Å²) in [4.78, 5) is 45.0. The number of nitrogens with one attached hydrogen (secondary N) is 1. The number of aryl methyl sites for hydroxylation is 1. The molecule has 8 nitrogen and oxygen atoms in total. The smallest absolute Gasteiger partial charge is 0.332 e. The van der Waals surface area contributed by atoms with Crippen molar-refractivity contribution in [2.45, 2.75) is 19.3 Å². The van der Waals surface area contributed by atoms with E-state index in [1.807, 2.05) is 4.90 Å². The molecule has 1 aliphatic heterocycles. The lowest BCUT2D eigenvalue weighted by molar-refractivity contribution is 0.571. The van der Waals surface area contributed by atoms with Crippen LogP contribution in [0.1, 0.15) is 19.3 Å². The molecule has 0 aromatic carbocycles. The zero-order valence-electron chi connectivity index (χ0n) is 12.0. The second-order valence-electron chi connectivity index (χ2n) is 5.34. The standard InChI is InChI=1S/C13H17N5O3/c1-16-9-8(12(20)17(2)13(16)21)14-11(19)10(15-9)18-6-4-3-5-7-18/h3-7H2,1-2H3,(H,14,19). The minimum absolute atomic E-state index is 0.0605. The monoisotopic (exact) mass is 291 g/mol. The van der Waals surface area contributed by atoms with Crippen molar-refractivity contribution in [1.29, 1.82) is 0 Å². The average molecular weight is 291 g/mol. The molecule has 2 aromatic heterocycles. The van der Waals surface area contributed by atoms with Gasteiger partial charge in [-0.05, 0) is 19.3 Å². The largest absolute Gasteiger partial charge is 0.352 e. The molecule has 2 aromatic rings. The van der Waals surface area contributed by atoms with Crippen LogP contribution in [-0.4, -0.2) is 32.2 Å². The first kappa shape index (κ1) is 13.6. The van der Waals surface area contributed by atoms with Crippen molar-refractivity contribution in [3.63, 3.8) is 0 Å². The highest BCUT2D eigenvalue weighted by molar-refractivity contribution is 5.70. The first-order valence-electron chi connectivity index (χ1n) is 6.95. The number of aromatic nitrogens is 4. The molecule has 21 heavy (non-hydrogen) atoms. The maximum absolute atomic E-state index is 12.2. The van der Waals surface area contributed by atoms with Gasteiger partial charge in [-0.2, -0.15) is 0 Å². The summed E-state index contributed by atoms with van der Waals surface area (Å²) in [6, 6.07) is 0. The average Bonchev–Trinajstić information content (AvgIpc) is 2.51. The lowest BCUT2D eigenvalue weighted by Gasteiger charge is -2.26. The van der Waals surface area contributed by atoms with E-state index in [4.69, 9.17) is 0 Å². The van der Waals surface area contributed by atoms with Crippen molar-refractivity contribution < 1.29 is 0 Å². The van der Waals surface area contributed by atoms with Crippen molar-refractivity contribution in [3.8, 4) is 0 Å². The predicted molar refractivity (Wildman–Crippen MR) is 78.9 cm³/mol. The van der Waals surface area contributed by atoms with Gasteiger partial charge < -0.3 is 9.88 Å². The van der Waals surface area contributed by atoms with Crippen molar-refractivity contribution in [3.05, 3.63) is 31.2 Å². The van der Waals surface area contributed by atoms with E-state index >= 15 is 0 Å². The molecule has 112 valence electrons. The molecular formula is C13H17N5O3. The Labute approximate surface area is 119 Å². The highest BCUT2D eigenvalue weighted by Crippen LogP contribution is 2.14. The Bertz CT molecular complexity index is 870. The van der Waals surface area contributed by atoms with Crippen LogP contribution < -0.4 is 21.7 Å². The van der Waals surface area contributed by atoms with Crippen LogP contribution in [0, 0.1) is 0 Å². The Hall–Kier alpha value is -2.38. The van der Waals surface area contributed by atoms with Gasteiger partial charge in [-0.1, -0.05) is 0 Å². The molecule has 0 aliphatic carbocycles. The number of hydrogen-bond acceptors (Lipinski definition) is 5. The summed E-state index contributed by atoms with van der Waals surface area (Å²) in [5, 5.41) is 0. The Morgan fingerprint density at radius 1 is 1.00 bits per heavy atom. The number of nitrogens with zero attached hydrogens (tertiary/aromatic N) is 4. The van der Waals surface area contributed by atoms with Crippen LogP contribution in [0.3, 0.4) is 0 Å². The molecule has 3 heterocycles. The first-order valence-corrected chi connectivity index (χ1v) is 6.95. The van der Waals surface area contributed by atoms with E-state index in [9.17, 15) is 14.4 Å². The van der Waals surface area contributed by atoms with E-state index in [-0.39, 0.29) is 22.5 Å². The van der Waals surface area contributed by atoms with E-state index in [2.05, 4.69) is 9.97 Å². The molecule has 0 unspecified atom stereocenters. The quantitative estimate of drug-likeness (QED) is 0.751. The van der Waals surface area contributed by atoms with Crippen LogP contribution in [0.4, 0.5) is 5.82 Å². The van der Waals surface area contributed by atoms with Gasteiger partial charge in [0.25, 0.3) is 11.1 Å². The van der Waals surface area contributed by atoms with Crippen LogP contribution in [-0.2, 0) is 14.1 Å². The molecule has 1 fully saturated rings. The summed E-state index contributed by atoms with van der Waals surface area (Å²) < 4.78 is 2.24. The zero-order chi connectivity index (χ0) is 15.1. The number of hydrogen-bond donors (Lipinski definition) is 1. The molecule has 0 radical (unpaired) electrons. The minimum Gasteiger partial charge on any atom is -0.352 e. The zero-order valence-corrected chi connectivity index (χ0v) is 12.0. The number of aromatic amines is 1. The van der Waals surface area contributed by atoms with E-state index in [1.165, 1.54) is 18.7 Å². The van der Waals surface area contributed by atoms with Crippen molar-refractivity contribution in [2.75, 3.05) is 18.0 Å². The molecule has 1 N–H and O–H groups in total. The Morgan fingerprint density at radius 2 is 1.67 bits per heavy atom. The molecule has 0 spiro atoms. The summed E-state index contributed by atoms with van der Waals surface area (Å²) in [6.45, 7) is 1.53. The predicted octanol–water partition coefficient (Wildman–Crippen LogP) is -0.689. The Morgan fingerprint density at radius 3 is 2.33 bits per heavy atom. The molecular weight excluding hydrogens is 274 g/mol. The number of piperidine rings is 1. The molecule has 1 aliphatic rings. The summed E-state index contributed by atoms with van der Waals surface area (Å²) >= 11 is 0. The fourth-order valence-corrected chi connectivity index (χ4v) is 2.71. The second kappa shape index (κ2) is 4.87. The first-order chi connectivity index (χ1) is 10.0. The Balaban J connectivity index is 2.31. The van der Waals surface area contributed by atoms with Gasteiger partial charge in [-0.3, -0.25) is 18.7 Å². The summed E-state index contributed by atoms with van der Waals surface area (Å²) in [6.07, 6.45) is 3.16. The summed E-state index contributed by atoms with van der Waals surface area (Å²) in [5.41, 5.74) is -1.12. The van der Waals surface area contributed by atoms with Crippen LogP contribution in [0.25, 0.3) is 11.2 Å². The number of fused-ring (bicyclic) bond motifs is 1. The molecule has 0 bridgehead atoms. The highest BCUT2D eigenvalue weighted by Gasteiger charge is 2.19. The van der Waals surface area contributed by atoms with Gasteiger partial charge in [0, 0.05) is 27.2 Å². The lowest BCUT2D eigenvalue weighted by atomic mass is 10.1. The van der Waals surface area contributed by atoms with Gasteiger partial charge >= 0.3 is 5.69 Å². The third-order valence-electron chi connectivity index (χ3n) is 3.94. The van der Waals surface area contributed by atoms with Crippen molar-refractivity contribution in [2.24, 2.45) is 14.1 Å². The van der Waals surface area contributed by atoms with Gasteiger partial charge in [0.2, 0.25) is 0 Å². The van der Waals surface area contributed by atoms with Gasteiger partial charge in [0.15, 0.2) is 17.0 Å². The van der Waals surface area contributed by atoms with Gasteiger partial charge in [-0.15, -0.1) is 0 Å². The van der Waals surface area contributed by atoms with E-state index in [0.29, 0.717) is 0 Å². The summed E-state index contributed by atoms with van der Waals surface area (Å²) in [5.74, 6) is 0.283. The lowest BCUT2D eigenvalue weighted by Crippen LogP contribution is -2.40. The third-order valence-corrected chi connectivity index (χ3v) is 3.94. The van der Waals surface area contributed by atoms with Gasteiger partial charge in [-0.25, -0.2) is 9.78 Å². The van der Waals surface area contributed by atoms with Crippen LogP contribution >= 0.6 is 0 Å². The van der Waals surface area contributed by atoms with Gasteiger partial charge in [0.1, 0.15) is 0 Å². The normalized spacial score (nSPS) is 15.6. The third kappa shape index (κ3) is 2.07. The number of anilines is 1. The maximum atomic E-state index is 12.2. The van der Waals surface area contributed by atoms with Crippen molar-refractivity contribution >= 4 is 17.0 Å². The number of H-pyrrole nitrogens is 1. The minimum atomic E-state index is -0.539. The van der Waals surface area contributed by atoms with Gasteiger partial charge in [0.05, 0.1) is 0 Å². The molecule has 8 heteroatoms. The van der Waals surface area contributed by atoms with Crippen LogP contribution in [0.15, 0.2) is 14.4 Å². The highest BCUT2D eigenvalue weighted by atomic mass is 16.2. The van der Waals surface area contributed by atoms with E-state index in [0.717, 1.165) is 36.9 Å².